The zero-order valence-electron chi connectivity index (χ0n) is 5.86. The van der Waals surface area contributed by atoms with Crippen LogP contribution in [0.3, 0.4) is 0 Å². The van der Waals surface area contributed by atoms with E-state index in [1.807, 2.05) is 36.4 Å². The van der Waals surface area contributed by atoms with Crippen LogP contribution in [0.2, 0.25) is 0 Å². The molecule has 0 amide bonds. The Morgan fingerprint density at radius 3 is 1.10 bits per heavy atom. The molecule has 1 aromatic carbocycles. The summed E-state index contributed by atoms with van der Waals surface area (Å²) in [6.07, 6.45) is 0. The molecule has 10 heavy (non-hydrogen) atoms. The van der Waals surface area contributed by atoms with Gasteiger partial charge in [-0.3, -0.25) is 0 Å². The molecule has 0 aromatic heterocycles. The third-order valence-corrected chi connectivity index (χ3v) is 0.667. The Balaban J connectivity index is 0. The summed E-state index contributed by atoms with van der Waals surface area (Å²) in [4.78, 5) is 8.25. The molecule has 1 aromatic rings. The number of hydrogen-bond acceptors (Lipinski definition) is 2. The van der Waals surface area contributed by atoms with Crippen molar-refractivity contribution >= 4 is 6.47 Å². The van der Waals surface area contributed by atoms with Crippen molar-refractivity contribution < 1.29 is 28.8 Å². The average Bonchev–Trinajstić information content (AvgIpc) is 1.93. The van der Waals surface area contributed by atoms with E-state index < -0.39 is 6.47 Å². The smallest absolute Gasteiger partial charge is 0.554 e. The van der Waals surface area contributed by atoms with E-state index in [2.05, 4.69) is 0 Å². The second kappa shape index (κ2) is 11.1. The van der Waals surface area contributed by atoms with Crippen LogP contribution in [-0.2, 0) is 4.79 Å². The molecule has 0 bridgehead atoms. The molecule has 0 radical (unpaired) electrons. The summed E-state index contributed by atoms with van der Waals surface area (Å²) in [7, 11) is 0. The molecule has 2 nitrogen and oxygen atoms in total. The van der Waals surface area contributed by atoms with Crippen molar-refractivity contribution in [2.24, 2.45) is 0 Å². The van der Waals surface area contributed by atoms with Gasteiger partial charge in [0.15, 0.2) is 0 Å². The van der Waals surface area contributed by atoms with E-state index in [4.69, 9.17) is 9.90 Å². The van der Waals surface area contributed by atoms with Crippen molar-refractivity contribution in [1.29, 1.82) is 0 Å². The van der Waals surface area contributed by atoms with Crippen molar-refractivity contribution in [3.63, 3.8) is 0 Å². The number of carbonyl (C=O) groups excluding carboxylic acids is 1. The van der Waals surface area contributed by atoms with Crippen LogP contribution in [0, 0.1) is 0 Å². The summed E-state index contributed by atoms with van der Waals surface area (Å²) in [5.41, 5.74) is 0. The van der Waals surface area contributed by atoms with Gasteiger partial charge in [-0.05, 0) is 0 Å². The van der Waals surface area contributed by atoms with Gasteiger partial charge in [-0.1, -0.05) is 36.4 Å². The minimum atomic E-state index is -0.500. The fraction of sp³-hybridized carbons (Fsp3) is 0. The van der Waals surface area contributed by atoms with Gasteiger partial charge in [0.25, 0.3) is 0 Å². The summed E-state index contributed by atoms with van der Waals surface area (Å²) < 4.78 is 0. The van der Waals surface area contributed by atoms with E-state index in [0.717, 1.165) is 0 Å². The maximum Gasteiger partial charge on any atom is 1.00 e. The topological polar surface area (TPSA) is 40.1 Å². The quantitative estimate of drug-likeness (QED) is 0.278. The molecule has 0 spiro atoms. The number of rotatable bonds is 0. The summed E-state index contributed by atoms with van der Waals surface area (Å²) >= 11 is 0. The van der Waals surface area contributed by atoms with E-state index >= 15 is 0 Å². The van der Waals surface area contributed by atoms with E-state index in [-0.39, 0.29) is 18.9 Å². The summed E-state index contributed by atoms with van der Waals surface area (Å²) in [6, 6.07) is 12.0. The van der Waals surface area contributed by atoms with E-state index in [1.54, 1.807) is 0 Å². The number of carbonyl (C=O) groups is 1. The van der Waals surface area contributed by atoms with Gasteiger partial charge in [0.05, 0.1) is 0 Å². The van der Waals surface area contributed by atoms with Crippen molar-refractivity contribution in [2.45, 2.75) is 0 Å². The van der Waals surface area contributed by atoms with Gasteiger partial charge < -0.3 is 9.90 Å². The molecular weight excluding hydrogens is 123 g/mol. The van der Waals surface area contributed by atoms with Crippen LogP contribution >= 0.6 is 0 Å². The molecule has 48 valence electrons. The van der Waals surface area contributed by atoms with Crippen molar-refractivity contribution in [3.8, 4) is 0 Å². The first-order chi connectivity index (χ1) is 4.41. The molecule has 0 aliphatic heterocycles. The third-order valence-electron chi connectivity index (χ3n) is 0.667. The standard InChI is InChI=1S/C6H6.CH2O2.Li/c1-2-4-6-5-3-1;2-1-3;/h1-6H;1H,(H,2,3);/q;;+1/p-1. The second-order valence-corrected chi connectivity index (χ2v) is 1.25. The maximum atomic E-state index is 8.25. The van der Waals surface area contributed by atoms with Gasteiger partial charge in [0.1, 0.15) is 0 Å². The first-order valence-corrected chi connectivity index (χ1v) is 2.47. The van der Waals surface area contributed by atoms with Gasteiger partial charge in [-0.25, -0.2) is 0 Å². The Kier molecular flexibility index (Phi) is 13.4. The van der Waals surface area contributed by atoms with Crippen LogP contribution in [0.5, 0.6) is 0 Å². The molecule has 0 unspecified atom stereocenters. The molecule has 0 aliphatic carbocycles. The van der Waals surface area contributed by atoms with Crippen molar-refractivity contribution in [2.75, 3.05) is 0 Å². The van der Waals surface area contributed by atoms with Crippen LogP contribution in [0.15, 0.2) is 36.4 Å². The zero-order chi connectivity index (χ0) is 6.95. The molecule has 1 rings (SSSR count). The molecule has 0 saturated heterocycles. The predicted molar refractivity (Wildman–Crippen MR) is 32.5 cm³/mol. The summed E-state index contributed by atoms with van der Waals surface area (Å²) in [5.74, 6) is 0. The Labute approximate surface area is 72.1 Å². The van der Waals surface area contributed by atoms with Gasteiger partial charge in [-0.2, -0.15) is 0 Å². The Bertz CT molecular complexity index is 115. The molecule has 0 N–H and O–H groups in total. The third kappa shape index (κ3) is 10.3. The van der Waals surface area contributed by atoms with Crippen molar-refractivity contribution in [1.82, 2.24) is 0 Å². The van der Waals surface area contributed by atoms with Gasteiger partial charge >= 0.3 is 18.9 Å². The Morgan fingerprint density at radius 1 is 0.900 bits per heavy atom. The minimum Gasteiger partial charge on any atom is -0.554 e. The van der Waals surface area contributed by atoms with E-state index in [9.17, 15) is 0 Å². The van der Waals surface area contributed by atoms with Gasteiger partial charge in [0, 0.05) is 6.47 Å². The molecule has 0 heterocycles. The van der Waals surface area contributed by atoms with Gasteiger partial charge in [-0.15, -0.1) is 0 Å². The molecule has 0 atom stereocenters. The first-order valence-electron chi connectivity index (χ1n) is 2.47. The fourth-order valence-electron chi connectivity index (χ4n) is 0.385. The first kappa shape index (κ1) is 12.0. The Hall–Kier alpha value is -0.713. The van der Waals surface area contributed by atoms with Crippen molar-refractivity contribution in [3.05, 3.63) is 36.4 Å². The normalized spacial score (nSPS) is 6.00. The molecule has 0 fully saturated rings. The monoisotopic (exact) mass is 130 g/mol. The Morgan fingerprint density at radius 2 is 1.00 bits per heavy atom. The average molecular weight is 130 g/mol. The molecule has 3 heteroatoms. The molecule has 0 saturated carbocycles. The van der Waals surface area contributed by atoms with Crippen LogP contribution in [-0.4, -0.2) is 6.47 Å². The minimum absolute atomic E-state index is 0. The second-order valence-electron chi connectivity index (χ2n) is 1.25. The summed E-state index contributed by atoms with van der Waals surface area (Å²) in [5, 5.41) is 8.25. The predicted octanol–water partition coefficient (Wildman–Crippen LogP) is -2.94. The maximum absolute atomic E-state index is 8.25. The van der Waals surface area contributed by atoms with Crippen LogP contribution in [0.1, 0.15) is 0 Å². The van der Waals surface area contributed by atoms with Gasteiger partial charge in [0.2, 0.25) is 0 Å². The fourth-order valence-corrected chi connectivity index (χ4v) is 0.385. The number of benzene rings is 1. The SMILES string of the molecule is O=C[O-].[Li+].c1ccccc1. The van der Waals surface area contributed by atoms with Crippen LogP contribution < -0.4 is 24.0 Å². The zero-order valence-corrected chi connectivity index (χ0v) is 5.86. The largest absolute Gasteiger partial charge is 1.00 e. The van der Waals surface area contributed by atoms with Crippen LogP contribution in [0.25, 0.3) is 0 Å². The molecular formula is C7H7LiO2. The van der Waals surface area contributed by atoms with E-state index in [1.165, 1.54) is 0 Å². The molecule has 0 aliphatic rings. The van der Waals surface area contributed by atoms with Crippen LogP contribution in [0.4, 0.5) is 0 Å². The van der Waals surface area contributed by atoms with E-state index in [0.29, 0.717) is 0 Å². The summed E-state index contributed by atoms with van der Waals surface area (Å²) in [6.45, 7) is -0.500. The number of hydrogen-bond donors (Lipinski definition) is 0. The number of carboxylic acid groups (broad SMARTS) is 1.